The number of rotatable bonds is 7. The van der Waals surface area contributed by atoms with Crippen LogP contribution in [0.25, 0.3) is 0 Å². The number of hydrogen-bond acceptors (Lipinski definition) is 2. The van der Waals surface area contributed by atoms with E-state index < -0.39 is 5.97 Å². The van der Waals surface area contributed by atoms with Gasteiger partial charge in [-0.25, -0.2) is 4.79 Å². The summed E-state index contributed by atoms with van der Waals surface area (Å²) in [6, 6.07) is -0.289. The van der Waals surface area contributed by atoms with E-state index in [1.165, 1.54) is 0 Å². The minimum Gasteiger partial charge on any atom is -0.481 e. The largest absolute Gasteiger partial charge is 0.481 e. The molecule has 3 N–H and O–H groups in total. The minimum absolute atomic E-state index is 0.0393. The van der Waals surface area contributed by atoms with Gasteiger partial charge in [0.15, 0.2) is 0 Å². The third-order valence-electron chi connectivity index (χ3n) is 1.69. The molecule has 0 rings (SSSR count). The van der Waals surface area contributed by atoms with Crippen LogP contribution in [0.3, 0.4) is 0 Å². The Hall–Kier alpha value is -1.26. The standard InChI is InChI=1S/C9H18N2O3/c1-2-3-4-6-10-9(14)11-7-5-8(12)13/h2-7H2,1H3,(H,12,13)(H2,10,11,14). The summed E-state index contributed by atoms with van der Waals surface area (Å²) in [7, 11) is 0. The predicted molar refractivity (Wildman–Crippen MR) is 53.2 cm³/mol. The molecule has 0 spiro atoms. The number of aliphatic carboxylic acids is 1. The second kappa shape index (κ2) is 8.34. The third kappa shape index (κ3) is 8.83. The van der Waals surface area contributed by atoms with E-state index in [0.29, 0.717) is 6.54 Å². The average molecular weight is 202 g/mol. The molecule has 0 aliphatic carbocycles. The summed E-state index contributed by atoms with van der Waals surface area (Å²) in [5.41, 5.74) is 0. The van der Waals surface area contributed by atoms with E-state index in [9.17, 15) is 9.59 Å². The van der Waals surface area contributed by atoms with Crippen molar-refractivity contribution in [2.24, 2.45) is 0 Å². The van der Waals surface area contributed by atoms with Crippen molar-refractivity contribution in [2.75, 3.05) is 13.1 Å². The normalized spacial score (nSPS) is 9.50. The first kappa shape index (κ1) is 12.7. The minimum atomic E-state index is -0.906. The van der Waals surface area contributed by atoms with E-state index in [4.69, 9.17) is 5.11 Å². The van der Waals surface area contributed by atoms with Gasteiger partial charge in [-0.1, -0.05) is 19.8 Å². The van der Waals surface area contributed by atoms with Crippen molar-refractivity contribution < 1.29 is 14.7 Å². The number of unbranched alkanes of at least 4 members (excludes halogenated alkanes) is 2. The molecule has 0 aliphatic rings. The summed E-state index contributed by atoms with van der Waals surface area (Å²) >= 11 is 0. The van der Waals surface area contributed by atoms with Crippen molar-refractivity contribution in [2.45, 2.75) is 32.6 Å². The maximum atomic E-state index is 11.0. The molecule has 0 aromatic heterocycles. The van der Waals surface area contributed by atoms with Gasteiger partial charge in [0.25, 0.3) is 0 Å². The topological polar surface area (TPSA) is 78.4 Å². The van der Waals surface area contributed by atoms with Crippen molar-refractivity contribution in [3.63, 3.8) is 0 Å². The van der Waals surface area contributed by atoms with E-state index >= 15 is 0 Å². The number of urea groups is 1. The zero-order valence-corrected chi connectivity index (χ0v) is 8.51. The molecule has 0 unspecified atom stereocenters. The molecule has 0 heterocycles. The zero-order valence-electron chi connectivity index (χ0n) is 8.51. The number of carbonyl (C=O) groups is 2. The predicted octanol–water partition coefficient (Wildman–Crippen LogP) is 0.951. The first-order valence-corrected chi connectivity index (χ1v) is 4.90. The summed E-state index contributed by atoms with van der Waals surface area (Å²) in [4.78, 5) is 21.1. The lowest BCUT2D eigenvalue weighted by atomic mass is 10.2. The fourth-order valence-corrected chi connectivity index (χ4v) is 0.922. The van der Waals surface area contributed by atoms with Gasteiger partial charge in [0.1, 0.15) is 0 Å². The molecule has 5 heteroatoms. The van der Waals surface area contributed by atoms with Gasteiger partial charge < -0.3 is 15.7 Å². The second-order valence-electron chi connectivity index (χ2n) is 3.03. The van der Waals surface area contributed by atoms with Crippen LogP contribution >= 0.6 is 0 Å². The number of carboxylic acid groups (broad SMARTS) is 1. The highest BCUT2D eigenvalue weighted by molar-refractivity contribution is 5.74. The highest BCUT2D eigenvalue weighted by Crippen LogP contribution is 1.90. The Morgan fingerprint density at radius 2 is 1.79 bits per heavy atom. The summed E-state index contributed by atoms with van der Waals surface area (Å²) in [5, 5.41) is 13.4. The van der Waals surface area contributed by atoms with Gasteiger partial charge >= 0.3 is 12.0 Å². The van der Waals surface area contributed by atoms with Crippen molar-refractivity contribution in [1.82, 2.24) is 10.6 Å². The van der Waals surface area contributed by atoms with Crippen molar-refractivity contribution in [3.05, 3.63) is 0 Å². The van der Waals surface area contributed by atoms with Crippen molar-refractivity contribution in [3.8, 4) is 0 Å². The zero-order chi connectivity index (χ0) is 10.8. The maximum Gasteiger partial charge on any atom is 0.314 e. The van der Waals surface area contributed by atoms with Crippen LogP contribution in [0.2, 0.25) is 0 Å². The maximum absolute atomic E-state index is 11.0. The van der Waals surface area contributed by atoms with Crippen LogP contribution in [0.4, 0.5) is 4.79 Å². The number of carboxylic acids is 1. The molecule has 0 saturated carbocycles. The van der Waals surface area contributed by atoms with E-state index in [-0.39, 0.29) is 19.0 Å². The number of hydrogen-bond donors (Lipinski definition) is 3. The molecule has 0 aliphatic heterocycles. The number of amides is 2. The van der Waals surface area contributed by atoms with Crippen LogP contribution in [-0.2, 0) is 4.79 Å². The number of carbonyl (C=O) groups excluding carboxylic acids is 1. The van der Waals surface area contributed by atoms with Crippen molar-refractivity contribution in [1.29, 1.82) is 0 Å². The first-order chi connectivity index (χ1) is 6.66. The molecule has 82 valence electrons. The quantitative estimate of drug-likeness (QED) is 0.538. The molecular formula is C9H18N2O3. The van der Waals surface area contributed by atoms with Crippen LogP contribution in [0.1, 0.15) is 32.6 Å². The molecule has 14 heavy (non-hydrogen) atoms. The fraction of sp³-hybridized carbons (Fsp3) is 0.778. The fourth-order valence-electron chi connectivity index (χ4n) is 0.922. The third-order valence-corrected chi connectivity index (χ3v) is 1.69. The Balaban J connectivity index is 3.24. The lowest BCUT2D eigenvalue weighted by Gasteiger charge is -2.05. The van der Waals surface area contributed by atoms with E-state index in [2.05, 4.69) is 17.6 Å². The Morgan fingerprint density at radius 1 is 1.14 bits per heavy atom. The van der Waals surface area contributed by atoms with E-state index in [1.807, 2.05) is 0 Å². The second-order valence-corrected chi connectivity index (χ2v) is 3.03. The summed E-state index contributed by atoms with van der Waals surface area (Å²) in [5.74, 6) is -0.906. The van der Waals surface area contributed by atoms with E-state index in [1.54, 1.807) is 0 Å². The van der Waals surface area contributed by atoms with Crippen LogP contribution < -0.4 is 10.6 Å². The molecule has 0 fully saturated rings. The van der Waals surface area contributed by atoms with Gasteiger partial charge in [0.2, 0.25) is 0 Å². The van der Waals surface area contributed by atoms with Gasteiger partial charge in [-0.3, -0.25) is 4.79 Å². The molecule has 0 saturated heterocycles. The average Bonchev–Trinajstić information content (AvgIpc) is 2.12. The van der Waals surface area contributed by atoms with Crippen LogP contribution in [-0.4, -0.2) is 30.2 Å². The first-order valence-electron chi connectivity index (χ1n) is 4.90. The van der Waals surface area contributed by atoms with Crippen LogP contribution in [0, 0.1) is 0 Å². The summed E-state index contributed by atoms with van der Waals surface area (Å²) < 4.78 is 0. The lowest BCUT2D eigenvalue weighted by molar-refractivity contribution is -0.136. The van der Waals surface area contributed by atoms with E-state index in [0.717, 1.165) is 19.3 Å². The lowest BCUT2D eigenvalue weighted by Crippen LogP contribution is -2.37. The van der Waals surface area contributed by atoms with Gasteiger partial charge in [0, 0.05) is 13.1 Å². The summed E-state index contributed by atoms with van der Waals surface area (Å²) in [6.45, 7) is 2.91. The highest BCUT2D eigenvalue weighted by Gasteiger charge is 2.00. The molecule has 0 bridgehead atoms. The molecule has 0 atom stereocenters. The Bertz CT molecular complexity index is 183. The van der Waals surface area contributed by atoms with Gasteiger partial charge in [-0.2, -0.15) is 0 Å². The van der Waals surface area contributed by atoms with Crippen molar-refractivity contribution >= 4 is 12.0 Å². The van der Waals surface area contributed by atoms with Gasteiger partial charge in [-0.05, 0) is 6.42 Å². The molecular weight excluding hydrogens is 184 g/mol. The Kier molecular flexibility index (Phi) is 7.59. The molecule has 0 radical (unpaired) electrons. The Labute approximate surface area is 83.9 Å². The highest BCUT2D eigenvalue weighted by atomic mass is 16.4. The SMILES string of the molecule is CCCCCNC(=O)NCCC(=O)O. The monoisotopic (exact) mass is 202 g/mol. The molecule has 0 aromatic carbocycles. The number of nitrogens with one attached hydrogen (secondary N) is 2. The molecule has 2 amide bonds. The molecule has 0 aromatic rings. The van der Waals surface area contributed by atoms with Crippen LogP contribution in [0.5, 0.6) is 0 Å². The smallest absolute Gasteiger partial charge is 0.314 e. The van der Waals surface area contributed by atoms with Crippen LogP contribution in [0.15, 0.2) is 0 Å². The van der Waals surface area contributed by atoms with Gasteiger partial charge in [0.05, 0.1) is 6.42 Å². The summed E-state index contributed by atoms with van der Waals surface area (Å²) in [6.07, 6.45) is 3.13. The van der Waals surface area contributed by atoms with Gasteiger partial charge in [-0.15, -0.1) is 0 Å². The molecule has 5 nitrogen and oxygen atoms in total. The Morgan fingerprint density at radius 3 is 2.36 bits per heavy atom.